The Kier molecular flexibility index (Phi) is 3.72. The summed E-state index contributed by atoms with van der Waals surface area (Å²) < 4.78 is 25.7. The van der Waals surface area contributed by atoms with E-state index in [1.807, 2.05) is 0 Å². The summed E-state index contributed by atoms with van der Waals surface area (Å²) in [6, 6.07) is 3.13. The lowest BCUT2D eigenvalue weighted by Gasteiger charge is -2.06. The van der Waals surface area contributed by atoms with E-state index in [0.717, 1.165) is 15.1 Å². The highest BCUT2D eigenvalue weighted by molar-refractivity contribution is 9.11. The molecule has 0 radical (unpaired) electrons. The second-order valence-electron chi connectivity index (χ2n) is 3.02. The van der Waals surface area contributed by atoms with Gasteiger partial charge in [-0.15, -0.1) is 11.3 Å². The number of carbonyl (C=O) groups excluding carboxylic acids is 2. The number of carbonyl (C=O) groups is 2. The number of hydrogen-bond donors (Lipinski definition) is 0. The van der Waals surface area contributed by atoms with E-state index in [0.29, 0.717) is 11.8 Å². The largest absolute Gasteiger partial charge is 0.303 e. The molecule has 1 aromatic heterocycles. The van der Waals surface area contributed by atoms with E-state index >= 15 is 0 Å². The Labute approximate surface area is 97.4 Å². The van der Waals surface area contributed by atoms with Crippen LogP contribution in [0.5, 0.6) is 0 Å². The molecule has 1 aromatic rings. The maximum Gasteiger partial charge on any atom is 0.303 e. The molecule has 0 unspecified atom stereocenters. The summed E-state index contributed by atoms with van der Waals surface area (Å²) in [5, 5.41) is 0. The molecule has 2 nitrogen and oxygen atoms in total. The second-order valence-corrected chi connectivity index (χ2v) is 5.48. The second kappa shape index (κ2) is 4.49. The summed E-state index contributed by atoms with van der Waals surface area (Å²) in [5.41, 5.74) is 0. The van der Waals surface area contributed by atoms with E-state index in [1.54, 1.807) is 6.07 Å². The van der Waals surface area contributed by atoms with Gasteiger partial charge >= 0.3 is 5.92 Å². The van der Waals surface area contributed by atoms with E-state index in [1.165, 1.54) is 6.07 Å². The van der Waals surface area contributed by atoms with Gasteiger partial charge in [0.25, 0.3) is 0 Å². The van der Waals surface area contributed by atoms with Crippen LogP contribution in [0.25, 0.3) is 0 Å². The van der Waals surface area contributed by atoms with Crippen LogP contribution in [0.2, 0.25) is 0 Å². The molecular weight excluding hydrogens is 290 g/mol. The molecule has 0 atom stereocenters. The van der Waals surface area contributed by atoms with Crippen LogP contribution in [0, 0.1) is 0 Å². The van der Waals surface area contributed by atoms with Crippen LogP contribution in [0.3, 0.4) is 0 Å². The standard InChI is InChI=1S/C9H7BrF2O2S/c1-9(11,12)7(14)4-5(13)6-2-3-8(10)15-6/h2-3H,4H2,1H3. The third-order valence-corrected chi connectivity index (χ3v) is 3.32. The number of thiophene rings is 1. The Bertz CT molecular complexity index is 395. The van der Waals surface area contributed by atoms with Crippen molar-refractivity contribution in [3.8, 4) is 0 Å². The fourth-order valence-corrected chi connectivity index (χ4v) is 2.18. The van der Waals surface area contributed by atoms with Gasteiger partial charge in [0, 0.05) is 6.92 Å². The first-order valence-electron chi connectivity index (χ1n) is 4.00. The van der Waals surface area contributed by atoms with E-state index in [9.17, 15) is 18.4 Å². The van der Waals surface area contributed by atoms with Gasteiger partial charge in [0.1, 0.15) is 0 Å². The molecule has 0 amide bonds. The fourth-order valence-electron chi connectivity index (χ4n) is 0.852. The number of halogens is 3. The van der Waals surface area contributed by atoms with Crippen LogP contribution >= 0.6 is 27.3 Å². The summed E-state index contributed by atoms with van der Waals surface area (Å²) >= 11 is 4.26. The van der Waals surface area contributed by atoms with Gasteiger partial charge in [0.2, 0.25) is 5.78 Å². The minimum atomic E-state index is -3.44. The van der Waals surface area contributed by atoms with E-state index in [2.05, 4.69) is 15.9 Å². The quantitative estimate of drug-likeness (QED) is 0.631. The molecule has 0 aromatic carbocycles. The molecule has 6 heteroatoms. The van der Waals surface area contributed by atoms with Gasteiger partial charge in [-0.2, -0.15) is 8.78 Å². The van der Waals surface area contributed by atoms with Gasteiger partial charge in [-0.25, -0.2) is 0 Å². The molecule has 0 spiro atoms. The van der Waals surface area contributed by atoms with Crippen LogP contribution < -0.4 is 0 Å². The van der Waals surface area contributed by atoms with E-state index < -0.39 is 23.9 Å². The van der Waals surface area contributed by atoms with Gasteiger partial charge in [-0.05, 0) is 28.1 Å². The minimum absolute atomic E-state index is 0.305. The molecule has 1 heterocycles. The fraction of sp³-hybridized carbons (Fsp3) is 0.333. The van der Waals surface area contributed by atoms with Crippen molar-refractivity contribution in [1.82, 2.24) is 0 Å². The monoisotopic (exact) mass is 296 g/mol. The van der Waals surface area contributed by atoms with Crippen LogP contribution in [-0.4, -0.2) is 17.5 Å². The Morgan fingerprint density at radius 2 is 2.07 bits per heavy atom. The van der Waals surface area contributed by atoms with Crippen molar-refractivity contribution in [1.29, 1.82) is 0 Å². The number of alkyl halides is 2. The van der Waals surface area contributed by atoms with Crippen molar-refractivity contribution in [2.75, 3.05) is 0 Å². The van der Waals surface area contributed by atoms with Gasteiger partial charge in [-0.3, -0.25) is 9.59 Å². The normalized spacial score (nSPS) is 11.5. The Morgan fingerprint density at radius 3 is 2.47 bits per heavy atom. The molecular formula is C9H7BrF2O2S. The average Bonchev–Trinajstić information content (AvgIpc) is 2.50. The highest BCUT2D eigenvalue weighted by atomic mass is 79.9. The lowest BCUT2D eigenvalue weighted by Crippen LogP contribution is -2.26. The molecule has 0 fully saturated rings. The summed E-state index contributed by atoms with van der Waals surface area (Å²) in [4.78, 5) is 22.5. The highest BCUT2D eigenvalue weighted by Gasteiger charge is 2.33. The van der Waals surface area contributed by atoms with E-state index in [4.69, 9.17) is 0 Å². The Balaban J connectivity index is 2.69. The summed E-state index contributed by atoms with van der Waals surface area (Å²) in [7, 11) is 0. The Hall–Kier alpha value is -0.620. The third-order valence-electron chi connectivity index (χ3n) is 1.66. The minimum Gasteiger partial charge on any atom is -0.293 e. The highest BCUT2D eigenvalue weighted by Crippen LogP contribution is 2.24. The van der Waals surface area contributed by atoms with Gasteiger partial charge in [0.05, 0.1) is 15.1 Å². The van der Waals surface area contributed by atoms with Crippen molar-refractivity contribution < 1.29 is 18.4 Å². The zero-order valence-corrected chi connectivity index (χ0v) is 10.1. The van der Waals surface area contributed by atoms with Crippen LogP contribution in [-0.2, 0) is 4.79 Å². The molecule has 1 rings (SSSR count). The number of hydrogen-bond acceptors (Lipinski definition) is 3. The van der Waals surface area contributed by atoms with Gasteiger partial charge < -0.3 is 0 Å². The molecule has 15 heavy (non-hydrogen) atoms. The maximum atomic E-state index is 12.5. The first-order chi connectivity index (χ1) is 6.80. The molecule has 0 N–H and O–H groups in total. The lowest BCUT2D eigenvalue weighted by molar-refractivity contribution is -0.139. The SMILES string of the molecule is CC(F)(F)C(=O)CC(=O)c1ccc(Br)s1. The zero-order valence-electron chi connectivity index (χ0n) is 7.72. The van der Waals surface area contributed by atoms with Crippen LogP contribution in [0.4, 0.5) is 8.78 Å². The Morgan fingerprint density at radius 1 is 1.47 bits per heavy atom. The molecule has 0 aliphatic rings. The van der Waals surface area contributed by atoms with E-state index in [-0.39, 0.29) is 0 Å². The summed E-state index contributed by atoms with van der Waals surface area (Å²) in [6.45, 7) is 0.493. The number of Topliss-reactive ketones (excluding diaryl/α,β-unsaturated/α-hetero) is 2. The topological polar surface area (TPSA) is 34.1 Å². The predicted molar refractivity (Wildman–Crippen MR) is 56.6 cm³/mol. The molecule has 0 saturated carbocycles. The predicted octanol–water partition coefficient (Wildman–Crippen LogP) is 3.31. The number of ketones is 2. The summed E-state index contributed by atoms with van der Waals surface area (Å²) in [5.74, 6) is -5.36. The van der Waals surface area contributed by atoms with Crippen molar-refractivity contribution >= 4 is 38.8 Å². The van der Waals surface area contributed by atoms with Crippen LogP contribution in [0.1, 0.15) is 23.0 Å². The molecule has 0 saturated heterocycles. The first-order valence-corrected chi connectivity index (χ1v) is 5.61. The van der Waals surface area contributed by atoms with Gasteiger partial charge in [-0.1, -0.05) is 0 Å². The molecule has 0 aliphatic carbocycles. The maximum absolute atomic E-state index is 12.5. The average molecular weight is 297 g/mol. The van der Waals surface area contributed by atoms with Crippen LogP contribution in [0.15, 0.2) is 15.9 Å². The third kappa shape index (κ3) is 3.46. The first kappa shape index (κ1) is 12.4. The number of rotatable bonds is 4. The molecule has 0 aliphatic heterocycles. The van der Waals surface area contributed by atoms with Crippen molar-refractivity contribution in [3.05, 3.63) is 20.8 Å². The smallest absolute Gasteiger partial charge is 0.293 e. The van der Waals surface area contributed by atoms with Crippen molar-refractivity contribution in [3.63, 3.8) is 0 Å². The van der Waals surface area contributed by atoms with Gasteiger partial charge in [0.15, 0.2) is 5.78 Å². The lowest BCUT2D eigenvalue weighted by atomic mass is 10.1. The molecule has 0 bridgehead atoms. The van der Waals surface area contributed by atoms with Crippen molar-refractivity contribution in [2.24, 2.45) is 0 Å². The summed E-state index contributed by atoms with van der Waals surface area (Å²) in [6.07, 6.45) is -0.754. The zero-order chi connectivity index (χ0) is 11.6. The van der Waals surface area contributed by atoms with Crippen molar-refractivity contribution in [2.45, 2.75) is 19.3 Å². The molecule has 82 valence electrons.